The van der Waals surface area contributed by atoms with Gasteiger partial charge in [-0.15, -0.1) is 0 Å². The van der Waals surface area contributed by atoms with Gasteiger partial charge in [-0.1, -0.05) is 17.7 Å². The summed E-state index contributed by atoms with van der Waals surface area (Å²) in [5, 5.41) is 10.4. The topological polar surface area (TPSA) is 78.5 Å². The second kappa shape index (κ2) is 6.93. The Morgan fingerprint density at radius 1 is 1.42 bits per heavy atom. The Kier molecular flexibility index (Phi) is 4.63. The highest BCUT2D eigenvalue weighted by Crippen LogP contribution is 2.37. The van der Waals surface area contributed by atoms with Crippen molar-refractivity contribution in [2.24, 2.45) is 5.92 Å². The normalized spacial score (nSPS) is 17.2. The summed E-state index contributed by atoms with van der Waals surface area (Å²) >= 11 is 6.28. The quantitative estimate of drug-likeness (QED) is 0.840. The molecule has 1 aliphatic heterocycles. The number of aromatic hydroxyl groups is 1. The number of rotatable bonds is 5. The lowest BCUT2D eigenvalue weighted by Gasteiger charge is -2.28. The molecule has 138 valence electrons. The van der Waals surface area contributed by atoms with Gasteiger partial charge in [0.1, 0.15) is 5.82 Å². The summed E-state index contributed by atoms with van der Waals surface area (Å²) in [6, 6.07) is 3.57. The lowest BCUT2D eigenvalue weighted by atomic mass is 10.0. The average Bonchev–Trinajstić information content (AvgIpc) is 3.43. The molecule has 0 amide bonds. The molecular weight excluding hydrogens is 354 g/mol. The van der Waals surface area contributed by atoms with Gasteiger partial charge < -0.3 is 14.8 Å². The van der Waals surface area contributed by atoms with E-state index in [4.69, 9.17) is 21.3 Å². The zero-order valence-corrected chi connectivity index (χ0v) is 15.5. The Labute approximate surface area is 156 Å². The van der Waals surface area contributed by atoms with E-state index in [0.717, 1.165) is 35.6 Å². The maximum absolute atomic E-state index is 12.3. The summed E-state index contributed by atoms with van der Waals surface area (Å²) in [7, 11) is 1.50. The summed E-state index contributed by atoms with van der Waals surface area (Å²) in [5.41, 5.74) is 2.50. The number of nitrogens with one attached hydrogen (secondary N) is 1. The van der Waals surface area contributed by atoms with Crippen molar-refractivity contribution in [1.29, 1.82) is 0 Å². The summed E-state index contributed by atoms with van der Waals surface area (Å²) in [4.78, 5) is 22.2. The highest BCUT2D eigenvalue weighted by molar-refractivity contribution is 6.33. The van der Waals surface area contributed by atoms with E-state index < -0.39 is 0 Å². The summed E-state index contributed by atoms with van der Waals surface area (Å²) < 4.78 is 5.08. The number of fused-ring (bicyclic) bond motifs is 1. The number of H-pyrrole nitrogens is 1. The van der Waals surface area contributed by atoms with Crippen molar-refractivity contribution in [1.82, 2.24) is 14.9 Å². The first kappa shape index (κ1) is 17.4. The molecule has 0 radical (unpaired) electrons. The number of nitrogens with zero attached hydrogens (tertiary/aromatic N) is 2. The number of aromatic nitrogens is 2. The molecule has 0 saturated heterocycles. The van der Waals surface area contributed by atoms with Gasteiger partial charge in [-0.05, 0) is 36.8 Å². The maximum Gasteiger partial charge on any atom is 0.254 e. The molecule has 0 atom stereocenters. The Balaban J connectivity index is 1.54. The molecule has 2 heterocycles. The molecule has 6 nitrogen and oxygen atoms in total. The van der Waals surface area contributed by atoms with Gasteiger partial charge in [0.25, 0.3) is 5.56 Å². The van der Waals surface area contributed by atoms with Crippen LogP contribution in [0, 0.1) is 5.92 Å². The third-order valence-electron chi connectivity index (χ3n) is 5.15. The van der Waals surface area contributed by atoms with E-state index in [0.29, 0.717) is 36.2 Å². The number of benzene rings is 1. The van der Waals surface area contributed by atoms with Gasteiger partial charge >= 0.3 is 0 Å². The fourth-order valence-electron chi connectivity index (χ4n) is 3.49. The van der Waals surface area contributed by atoms with Crippen molar-refractivity contribution >= 4 is 11.6 Å². The van der Waals surface area contributed by atoms with E-state index in [2.05, 4.69) is 9.88 Å². The van der Waals surface area contributed by atoms with Crippen LogP contribution in [0.2, 0.25) is 5.02 Å². The van der Waals surface area contributed by atoms with Gasteiger partial charge in [-0.2, -0.15) is 0 Å². The SMILES string of the molecule is COc1ccc(CN2CCc3c(nc(CC4CC4)[nH]c3=O)C2)c(Cl)c1O. The van der Waals surface area contributed by atoms with Crippen LogP contribution < -0.4 is 10.3 Å². The van der Waals surface area contributed by atoms with Crippen molar-refractivity contribution in [3.63, 3.8) is 0 Å². The Morgan fingerprint density at radius 2 is 2.23 bits per heavy atom. The van der Waals surface area contributed by atoms with Crippen molar-refractivity contribution < 1.29 is 9.84 Å². The van der Waals surface area contributed by atoms with E-state index in [1.807, 2.05) is 6.07 Å². The van der Waals surface area contributed by atoms with Crippen molar-refractivity contribution in [3.8, 4) is 11.5 Å². The molecule has 26 heavy (non-hydrogen) atoms. The third kappa shape index (κ3) is 3.44. The molecule has 2 aromatic rings. The molecule has 2 N–H and O–H groups in total. The highest BCUT2D eigenvalue weighted by Gasteiger charge is 2.26. The lowest BCUT2D eigenvalue weighted by Crippen LogP contribution is -2.35. The summed E-state index contributed by atoms with van der Waals surface area (Å²) in [6.45, 7) is 1.95. The Morgan fingerprint density at radius 3 is 2.96 bits per heavy atom. The molecule has 0 unspecified atom stereocenters. The Hall–Kier alpha value is -2.05. The molecule has 7 heteroatoms. The number of phenolic OH excluding ortho intramolecular Hbond substituents is 1. The smallest absolute Gasteiger partial charge is 0.254 e. The van der Waals surface area contributed by atoms with Crippen LogP contribution in [-0.2, 0) is 25.9 Å². The van der Waals surface area contributed by atoms with Crippen LogP contribution >= 0.6 is 11.6 Å². The van der Waals surface area contributed by atoms with Crippen molar-refractivity contribution in [3.05, 3.63) is 50.2 Å². The lowest BCUT2D eigenvalue weighted by molar-refractivity contribution is 0.239. The first-order chi connectivity index (χ1) is 12.5. The van der Waals surface area contributed by atoms with Gasteiger partial charge in [0.15, 0.2) is 11.5 Å². The van der Waals surface area contributed by atoms with Crippen molar-refractivity contribution in [2.75, 3.05) is 13.7 Å². The van der Waals surface area contributed by atoms with Gasteiger partial charge in [0.05, 0.1) is 17.8 Å². The molecule has 1 aromatic heterocycles. The second-order valence-corrected chi connectivity index (χ2v) is 7.51. The molecule has 0 bridgehead atoms. The molecule has 1 fully saturated rings. The molecule has 0 spiro atoms. The minimum atomic E-state index is -0.0367. The highest BCUT2D eigenvalue weighted by atomic mass is 35.5. The van der Waals surface area contributed by atoms with E-state index in [1.165, 1.54) is 20.0 Å². The van der Waals surface area contributed by atoms with Crippen LogP contribution in [-0.4, -0.2) is 33.6 Å². The first-order valence-electron chi connectivity index (χ1n) is 8.92. The number of aromatic amines is 1. The summed E-state index contributed by atoms with van der Waals surface area (Å²) in [6.07, 6.45) is 3.99. The number of phenols is 1. The minimum Gasteiger partial charge on any atom is -0.503 e. The number of halogens is 1. The number of ether oxygens (including phenoxy) is 1. The molecule has 1 aromatic carbocycles. The van der Waals surface area contributed by atoms with Gasteiger partial charge in [0, 0.05) is 31.6 Å². The predicted octanol–water partition coefficient (Wildman–Crippen LogP) is 2.65. The van der Waals surface area contributed by atoms with Crippen LogP contribution in [0.25, 0.3) is 0 Å². The van der Waals surface area contributed by atoms with E-state index in [-0.39, 0.29) is 11.3 Å². The second-order valence-electron chi connectivity index (χ2n) is 7.14. The minimum absolute atomic E-state index is 0.00502. The van der Waals surface area contributed by atoms with Crippen LogP contribution in [0.4, 0.5) is 0 Å². The average molecular weight is 376 g/mol. The fraction of sp³-hybridized carbons (Fsp3) is 0.474. The number of hydrogen-bond donors (Lipinski definition) is 2. The first-order valence-corrected chi connectivity index (χ1v) is 9.30. The van der Waals surface area contributed by atoms with E-state index >= 15 is 0 Å². The van der Waals surface area contributed by atoms with E-state index in [1.54, 1.807) is 6.07 Å². The van der Waals surface area contributed by atoms with Gasteiger partial charge in [-0.3, -0.25) is 9.69 Å². The number of hydrogen-bond acceptors (Lipinski definition) is 5. The third-order valence-corrected chi connectivity index (χ3v) is 5.58. The molecule has 1 aliphatic carbocycles. The summed E-state index contributed by atoms with van der Waals surface area (Å²) in [5.74, 6) is 1.81. The van der Waals surface area contributed by atoms with Crippen LogP contribution in [0.3, 0.4) is 0 Å². The standard InChI is InChI=1S/C19H22ClN3O3/c1-26-15-5-4-12(17(20)18(15)24)9-23-7-6-13-14(10-23)21-16(22-19(13)25)8-11-2-3-11/h4-5,11,24H,2-3,6-10H2,1H3,(H,21,22,25). The van der Waals surface area contributed by atoms with Crippen molar-refractivity contribution in [2.45, 2.75) is 38.8 Å². The zero-order chi connectivity index (χ0) is 18.3. The predicted molar refractivity (Wildman–Crippen MR) is 98.8 cm³/mol. The molecule has 4 rings (SSSR count). The molecule has 2 aliphatic rings. The maximum atomic E-state index is 12.3. The monoisotopic (exact) mass is 375 g/mol. The van der Waals surface area contributed by atoms with Crippen LogP contribution in [0.1, 0.15) is 35.5 Å². The van der Waals surface area contributed by atoms with Crippen LogP contribution in [0.5, 0.6) is 11.5 Å². The van der Waals surface area contributed by atoms with Crippen LogP contribution in [0.15, 0.2) is 16.9 Å². The largest absolute Gasteiger partial charge is 0.503 e. The number of methoxy groups -OCH3 is 1. The van der Waals surface area contributed by atoms with E-state index in [9.17, 15) is 9.90 Å². The zero-order valence-electron chi connectivity index (χ0n) is 14.7. The van der Waals surface area contributed by atoms with Gasteiger partial charge in [0.2, 0.25) is 0 Å². The molecular formula is C19H22ClN3O3. The van der Waals surface area contributed by atoms with Gasteiger partial charge in [-0.25, -0.2) is 4.98 Å². The molecule has 1 saturated carbocycles. The Bertz CT molecular complexity index is 892. The fourth-order valence-corrected chi connectivity index (χ4v) is 3.70.